The number of hydrogen-bond donors (Lipinski definition) is 0. The molecule has 1 aromatic carbocycles. The average Bonchev–Trinajstić information content (AvgIpc) is 2.53. The van der Waals surface area contributed by atoms with E-state index in [9.17, 15) is 4.79 Å². The first kappa shape index (κ1) is 13.4. The van der Waals surface area contributed by atoms with Gasteiger partial charge < -0.3 is 0 Å². The zero-order valence-corrected chi connectivity index (χ0v) is 12.8. The van der Waals surface area contributed by atoms with Gasteiger partial charge >= 0.3 is 0 Å². The van der Waals surface area contributed by atoms with E-state index in [0.29, 0.717) is 6.54 Å². The Labute approximate surface area is 123 Å². The lowest BCUT2D eigenvalue weighted by atomic mass is 9.88. The topological polar surface area (TPSA) is 20.9 Å². The Morgan fingerprint density at radius 2 is 1.85 bits per heavy atom. The van der Waals surface area contributed by atoms with Gasteiger partial charge in [-0.15, -0.1) is 0 Å². The van der Waals surface area contributed by atoms with Gasteiger partial charge in [0.2, 0.25) is 17.4 Å². The molecule has 0 atom stereocenters. The van der Waals surface area contributed by atoms with E-state index in [1.165, 1.54) is 5.56 Å². The molecule has 20 heavy (non-hydrogen) atoms. The van der Waals surface area contributed by atoms with Crippen molar-refractivity contribution in [2.45, 2.75) is 42.7 Å². The van der Waals surface area contributed by atoms with Crippen LogP contribution in [0.4, 0.5) is 0 Å². The largest absolute Gasteiger partial charge is 0.287 e. The number of Topliss-reactive ketones (excluding diaryl/α,β-unsaturated/α-hetero) is 1. The number of nitrogens with zero attached hydrogens (tertiary/aromatic N) is 1. The number of ketones is 1. The Kier molecular flexibility index (Phi) is 3.17. The second kappa shape index (κ2) is 4.74. The molecule has 0 spiro atoms. The predicted molar refractivity (Wildman–Crippen MR) is 80.2 cm³/mol. The van der Waals surface area contributed by atoms with Crippen LogP contribution in [0.1, 0.15) is 36.7 Å². The molecule has 0 N–H and O–H groups in total. The first-order chi connectivity index (χ1) is 9.45. The standard InChI is InChI=1S/C17H18NOS/c1-17(2,3)12-8-9-16-18(10-12)11-14(19)13-6-4-5-7-15(13)20-16/h4-10H,11H2,1-3H3/q+1. The van der Waals surface area contributed by atoms with Crippen LogP contribution in [0.25, 0.3) is 0 Å². The number of carbonyl (C=O) groups excluding carboxylic acids is 1. The van der Waals surface area contributed by atoms with Crippen molar-refractivity contribution in [2.75, 3.05) is 0 Å². The van der Waals surface area contributed by atoms with Crippen LogP contribution in [0.15, 0.2) is 52.5 Å². The molecule has 0 radical (unpaired) electrons. The summed E-state index contributed by atoms with van der Waals surface area (Å²) in [7, 11) is 0. The number of benzene rings is 1. The van der Waals surface area contributed by atoms with Gasteiger partial charge in [-0.25, -0.2) is 0 Å². The minimum absolute atomic E-state index is 0.0922. The molecule has 3 heteroatoms. The summed E-state index contributed by atoms with van der Waals surface area (Å²) in [5.74, 6) is 0.183. The summed E-state index contributed by atoms with van der Waals surface area (Å²) in [5.41, 5.74) is 2.17. The summed E-state index contributed by atoms with van der Waals surface area (Å²) in [5, 5.41) is 1.12. The molecule has 1 aliphatic heterocycles. The molecule has 2 aromatic rings. The van der Waals surface area contributed by atoms with Crippen LogP contribution < -0.4 is 4.57 Å². The van der Waals surface area contributed by atoms with E-state index in [1.54, 1.807) is 11.8 Å². The minimum Gasteiger partial charge on any atom is -0.287 e. The summed E-state index contributed by atoms with van der Waals surface area (Å²) >= 11 is 1.67. The van der Waals surface area contributed by atoms with Gasteiger partial charge in [-0.2, -0.15) is 4.57 Å². The van der Waals surface area contributed by atoms with E-state index >= 15 is 0 Å². The average molecular weight is 284 g/mol. The lowest BCUT2D eigenvalue weighted by Crippen LogP contribution is -2.40. The van der Waals surface area contributed by atoms with Crippen molar-refractivity contribution in [1.82, 2.24) is 0 Å². The highest BCUT2D eigenvalue weighted by Crippen LogP contribution is 2.32. The van der Waals surface area contributed by atoms with E-state index in [1.807, 2.05) is 24.3 Å². The minimum atomic E-state index is 0.0922. The molecular weight excluding hydrogens is 266 g/mol. The van der Waals surface area contributed by atoms with Crippen molar-refractivity contribution >= 4 is 17.5 Å². The summed E-state index contributed by atoms with van der Waals surface area (Å²) < 4.78 is 2.08. The fraction of sp³-hybridized carbons (Fsp3) is 0.294. The quantitative estimate of drug-likeness (QED) is 0.689. The second-order valence-corrected chi connectivity index (χ2v) is 7.22. The van der Waals surface area contributed by atoms with Gasteiger partial charge in [0.15, 0.2) is 6.20 Å². The van der Waals surface area contributed by atoms with Crippen LogP contribution >= 0.6 is 11.8 Å². The van der Waals surface area contributed by atoms with Gasteiger partial charge in [-0.1, -0.05) is 32.9 Å². The van der Waals surface area contributed by atoms with Crippen LogP contribution in [0.5, 0.6) is 0 Å². The van der Waals surface area contributed by atoms with Crippen molar-refractivity contribution < 1.29 is 9.36 Å². The third-order valence-corrected chi connectivity index (χ3v) is 4.72. The normalized spacial score (nSPS) is 14.4. The first-order valence-electron chi connectivity index (χ1n) is 6.79. The predicted octanol–water partition coefficient (Wildman–Crippen LogP) is 3.62. The number of fused-ring (bicyclic) bond motifs is 2. The monoisotopic (exact) mass is 284 g/mol. The van der Waals surface area contributed by atoms with Gasteiger partial charge in [0.25, 0.3) is 0 Å². The molecule has 0 aliphatic carbocycles. The summed E-state index contributed by atoms with van der Waals surface area (Å²) in [6.45, 7) is 6.99. The molecule has 2 heterocycles. The van der Waals surface area contributed by atoms with Gasteiger partial charge in [-0.05, 0) is 35.4 Å². The highest BCUT2D eigenvalue weighted by molar-refractivity contribution is 7.99. The van der Waals surface area contributed by atoms with Crippen LogP contribution in [0.2, 0.25) is 0 Å². The Morgan fingerprint density at radius 1 is 1.10 bits per heavy atom. The fourth-order valence-corrected chi connectivity index (χ4v) is 3.36. The van der Waals surface area contributed by atoms with Crippen LogP contribution in [-0.2, 0) is 12.0 Å². The molecule has 0 unspecified atom stereocenters. The van der Waals surface area contributed by atoms with Crippen LogP contribution in [0, 0.1) is 0 Å². The molecular formula is C17H18NOS+. The van der Waals surface area contributed by atoms with Gasteiger partial charge in [0.05, 0.1) is 0 Å². The number of aromatic nitrogens is 1. The highest BCUT2D eigenvalue weighted by Gasteiger charge is 2.27. The zero-order valence-electron chi connectivity index (χ0n) is 12.0. The number of rotatable bonds is 0. The number of hydrogen-bond acceptors (Lipinski definition) is 2. The maximum atomic E-state index is 12.4. The molecule has 1 aromatic heterocycles. The molecule has 3 rings (SSSR count). The molecule has 0 saturated carbocycles. The Balaban J connectivity index is 2.10. The molecule has 0 amide bonds. The molecule has 102 valence electrons. The lowest BCUT2D eigenvalue weighted by Gasteiger charge is -2.17. The Hall–Kier alpha value is -1.61. The SMILES string of the molecule is CC(C)(C)c1ccc2[n+](c1)CC(=O)c1ccccc1S2. The zero-order chi connectivity index (χ0) is 14.3. The number of carbonyl (C=O) groups is 1. The third-order valence-electron chi connectivity index (χ3n) is 3.57. The van der Waals surface area contributed by atoms with Gasteiger partial charge in [-0.3, -0.25) is 4.79 Å². The molecule has 0 bridgehead atoms. The summed E-state index contributed by atoms with van der Waals surface area (Å²) in [6, 6.07) is 12.1. The lowest BCUT2D eigenvalue weighted by molar-refractivity contribution is -0.720. The first-order valence-corrected chi connectivity index (χ1v) is 7.61. The van der Waals surface area contributed by atoms with Crippen LogP contribution in [0.3, 0.4) is 0 Å². The maximum Gasteiger partial charge on any atom is 0.245 e. The highest BCUT2D eigenvalue weighted by atomic mass is 32.2. The molecule has 0 saturated heterocycles. The van der Waals surface area contributed by atoms with Crippen molar-refractivity contribution in [1.29, 1.82) is 0 Å². The van der Waals surface area contributed by atoms with E-state index < -0.39 is 0 Å². The summed E-state index contributed by atoms with van der Waals surface area (Å²) in [4.78, 5) is 13.4. The number of pyridine rings is 1. The van der Waals surface area contributed by atoms with Crippen molar-refractivity contribution in [3.8, 4) is 0 Å². The van der Waals surface area contributed by atoms with E-state index in [4.69, 9.17) is 0 Å². The van der Waals surface area contributed by atoms with Crippen molar-refractivity contribution in [3.63, 3.8) is 0 Å². The smallest absolute Gasteiger partial charge is 0.245 e. The van der Waals surface area contributed by atoms with Crippen LogP contribution in [-0.4, -0.2) is 5.78 Å². The maximum absolute atomic E-state index is 12.4. The van der Waals surface area contributed by atoms with E-state index in [0.717, 1.165) is 15.5 Å². The third kappa shape index (κ3) is 2.38. The molecule has 1 aliphatic rings. The molecule has 0 fully saturated rings. The van der Waals surface area contributed by atoms with Crippen molar-refractivity contribution in [3.05, 3.63) is 53.7 Å². The fourth-order valence-electron chi connectivity index (χ4n) is 2.33. The van der Waals surface area contributed by atoms with Gasteiger partial charge in [0, 0.05) is 22.1 Å². The summed E-state index contributed by atoms with van der Waals surface area (Å²) in [6.07, 6.45) is 2.12. The Morgan fingerprint density at radius 3 is 2.60 bits per heavy atom. The van der Waals surface area contributed by atoms with E-state index in [-0.39, 0.29) is 11.2 Å². The van der Waals surface area contributed by atoms with Crippen molar-refractivity contribution in [2.24, 2.45) is 0 Å². The van der Waals surface area contributed by atoms with E-state index in [2.05, 4.69) is 43.7 Å². The van der Waals surface area contributed by atoms with Gasteiger partial charge in [0.1, 0.15) is 0 Å². The Bertz CT molecular complexity index is 686. The second-order valence-electron chi connectivity index (χ2n) is 6.16. The molecule has 2 nitrogen and oxygen atoms in total.